The third-order valence-corrected chi connectivity index (χ3v) is 12.2. The number of aliphatic hydroxyl groups is 1. The van der Waals surface area contributed by atoms with Crippen molar-refractivity contribution in [2.45, 2.75) is 91.1 Å². The number of aliphatic hydroxyl groups excluding tert-OH is 1. The normalized spacial score (nSPS) is 39.6. The van der Waals surface area contributed by atoms with Crippen LogP contribution in [-0.4, -0.2) is 58.2 Å². The topological polar surface area (TPSA) is 69.6 Å². The standard InChI is InChI=1S/C32H48N4O2/c1-22(4-9-30(38)36-18-16-35(17-19-36)29-21-33-14-15-34-29)26-7-8-27-25-6-5-23-20-24(37)10-12-31(23,2)28(25)11-13-32(26,27)3/h5,14-15,21-22,24-28,37H,4,6-13,16-20H2,1-3H3/t22?,24-,25-,26+,27-,28-,31-,32+/m0/s1. The summed E-state index contributed by atoms with van der Waals surface area (Å²) in [6.45, 7) is 10.8. The molecule has 8 atom stereocenters. The third-order valence-electron chi connectivity index (χ3n) is 12.2. The molecular weight excluding hydrogens is 472 g/mol. The van der Waals surface area contributed by atoms with Crippen molar-refractivity contribution in [3.8, 4) is 0 Å². The van der Waals surface area contributed by atoms with Crippen molar-refractivity contribution >= 4 is 11.7 Å². The Labute approximate surface area is 229 Å². The SMILES string of the molecule is CC(CCC(=O)N1CCN(c2cnccn2)CC1)[C@H]1CC[C@H]2[C@@H]3CC=C4C[C@@H](O)CC[C@]4(C)[C@H]3CC[C@]12C. The van der Waals surface area contributed by atoms with Crippen LogP contribution < -0.4 is 4.90 Å². The van der Waals surface area contributed by atoms with Crippen LogP contribution in [0.2, 0.25) is 0 Å². The molecule has 4 fully saturated rings. The van der Waals surface area contributed by atoms with Gasteiger partial charge < -0.3 is 14.9 Å². The second-order valence-corrected chi connectivity index (χ2v) is 13.8. The summed E-state index contributed by atoms with van der Waals surface area (Å²) in [5, 5.41) is 10.3. The molecule has 1 aromatic rings. The van der Waals surface area contributed by atoms with Gasteiger partial charge >= 0.3 is 0 Å². The first kappa shape index (κ1) is 26.3. The van der Waals surface area contributed by atoms with Gasteiger partial charge in [0.05, 0.1) is 12.3 Å². The Morgan fingerprint density at radius 1 is 1.08 bits per heavy atom. The van der Waals surface area contributed by atoms with E-state index in [1.165, 1.54) is 38.5 Å². The summed E-state index contributed by atoms with van der Waals surface area (Å²) in [6, 6.07) is 0. The van der Waals surface area contributed by atoms with Gasteiger partial charge in [0, 0.05) is 45.0 Å². The van der Waals surface area contributed by atoms with Gasteiger partial charge in [-0.25, -0.2) is 4.98 Å². The predicted octanol–water partition coefficient (Wildman–Crippen LogP) is 5.48. The zero-order valence-corrected chi connectivity index (χ0v) is 23.8. The first-order valence-corrected chi connectivity index (χ1v) is 15.5. The Hall–Kier alpha value is -1.95. The van der Waals surface area contributed by atoms with E-state index < -0.39 is 0 Å². The molecule has 6 rings (SSSR count). The summed E-state index contributed by atoms with van der Waals surface area (Å²) in [5.74, 6) is 5.00. The van der Waals surface area contributed by atoms with Gasteiger partial charge in [-0.1, -0.05) is 32.4 Å². The maximum absolute atomic E-state index is 13.2. The zero-order chi connectivity index (χ0) is 26.5. The molecule has 1 amide bonds. The first-order chi connectivity index (χ1) is 18.3. The average molecular weight is 521 g/mol. The van der Waals surface area contributed by atoms with E-state index in [1.807, 2.05) is 6.20 Å². The van der Waals surface area contributed by atoms with E-state index in [9.17, 15) is 9.90 Å². The minimum atomic E-state index is -0.124. The Balaban J connectivity index is 1.04. The summed E-state index contributed by atoms with van der Waals surface area (Å²) in [7, 11) is 0. The number of carbonyl (C=O) groups is 1. The number of allylic oxidation sites excluding steroid dienone is 1. The van der Waals surface area contributed by atoms with Crippen LogP contribution in [0.15, 0.2) is 30.2 Å². The maximum atomic E-state index is 13.2. The van der Waals surface area contributed by atoms with Crippen molar-refractivity contribution in [2.75, 3.05) is 31.1 Å². The zero-order valence-electron chi connectivity index (χ0n) is 23.8. The molecule has 0 spiro atoms. The molecule has 1 aromatic heterocycles. The number of hydrogen-bond donors (Lipinski definition) is 1. The fourth-order valence-corrected chi connectivity index (χ4v) is 9.97. The number of fused-ring (bicyclic) bond motifs is 5. The van der Waals surface area contributed by atoms with Crippen LogP contribution in [0.5, 0.6) is 0 Å². The molecule has 1 N–H and O–H groups in total. The van der Waals surface area contributed by atoms with Crippen LogP contribution in [0.3, 0.4) is 0 Å². The van der Waals surface area contributed by atoms with Gasteiger partial charge in [-0.05, 0) is 98.2 Å². The average Bonchev–Trinajstić information content (AvgIpc) is 3.30. The lowest BCUT2D eigenvalue weighted by Crippen LogP contribution is -2.51. The smallest absolute Gasteiger partial charge is 0.222 e. The number of carbonyl (C=O) groups excluding carboxylic acids is 1. The molecule has 0 radical (unpaired) electrons. The molecule has 1 saturated heterocycles. The molecule has 1 unspecified atom stereocenters. The van der Waals surface area contributed by atoms with E-state index in [0.717, 1.165) is 74.9 Å². The van der Waals surface area contributed by atoms with Crippen molar-refractivity contribution in [3.05, 3.63) is 30.2 Å². The first-order valence-electron chi connectivity index (χ1n) is 15.5. The highest BCUT2D eigenvalue weighted by molar-refractivity contribution is 5.76. The van der Waals surface area contributed by atoms with Gasteiger partial charge in [0.25, 0.3) is 0 Å². The van der Waals surface area contributed by atoms with E-state index in [-0.39, 0.29) is 6.10 Å². The van der Waals surface area contributed by atoms with Gasteiger partial charge in [0.1, 0.15) is 5.82 Å². The number of nitrogens with zero attached hydrogens (tertiary/aromatic N) is 4. The second-order valence-electron chi connectivity index (χ2n) is 13.8. The van der Waals surface area contributed by atoms with Crippen molar-refractivity contribution in [2.24, 2.45) is 40.4 Å². The maximum Gasteiger partial charge on any atom is 0.222 e. The molecule has 38 heavy (non-hydrogen) atoms. The van der Waals surface area contributed by atoms with Crippen LogP contribution in [0.4, 0.5) is 5.82 Å². The molecule has 3 saturated carbocycles. The Morgan fingerprint density at radius 3 is 2.66 bits per heavy atom. The van der Waals surface area contributed by atoms with Crippen LogP contribution in [0.25, 0.3) is 0 Å². The predicted molar refractivity (Wildman–Crippen MR) is 150 cm³/mol. The summed E-state index contributed by atoms with van der Waals surface area (Å²) in [4.78, 5) is 26.1. The van der Waals surface area contributed by atoms with Gasteiger partial charge in [-0.3, -0.25) is 9.78 Å². The monoisotopic (exact) mass is 520 g/mol. The van der Waals surface area contributed by atoms with Gasteiger partial charge in [0.2, 0.25) is 5.91 Å². The lowest BCUT2D eigenvalue weighted by Gasteiger charge is -2.58. The van der Waals surface area contributed by atoms with Crippen molar-refractivity contribution in [3.63, 3.8) is 0 Å². The molecule has 5 aliphatic rings. The third kappa shape index (κ3) is 4.49. The quantitative estimate of drug-likeness (QED) is 0.521. The molecule has 1 aliphatic heterocycles. The highest BCUT2D eigenvalue weighted by Gasteiger charge is 2.59. The number of amides is 1. The fraction of sp³-hybridized carbons (Fsp3) is 0.781. The minimum Gasteiger partial charge on any atom is -0.393 e. The lowest BCUT2D eigenvalue weighted by molar-refractivity contribution is -0.132. The van der Waals surface area contributed by atoms with Crippen molar-refractivity contribution in [1.29, 1.82) is 0 Å². The second kappa shape index (κ2) is 10.2. The number of rotatable bonds is 5. The molecular formula is C32H48N4O2. The molecule has 0 aromatic carbocycles. The van der Waals surface area contributed by atoms with Crippen LogP contribution in [0, 0.1) is 40.4 Å². The highest BCUT2D eigenvalue weighted by Crippen LogP contribution is 2.67. The number of piperazine rings is 1. The number of aromatic nitrogens is 2. The summed E-state index contributed by atoms with van der Waals surface area (Å²) >= 11 is 0. The van der Waals surface area contributed by atoms with Gasteiger partial charge in [-0.2, -0.15) is 0 Å². The molecule has 4 aliphatic carbocycles. The molecule has 6 heteroatoms. The van der Waals surface area contributed by atoms with Crippen LogP contribution >= 0.6 is 0 Å². The molecule has 208 valence electrons. The number of hydrogen-bond acceptors (Lipinski definition) is 5. The van der Waals surface area contributed by atoms with Gasteiger partial charge in [0.15, 0.2) is 0 Å². The van der Waals surface area contributed by atoms with Crippen LogP contribution in [-0.2, 0) is 4.79 Å². The van der Waals surface area contributed by atoms with Crippen LogP contribution in [0.1, 0.15) is 85.0 Å². The lowest BCUT2D eigenvalue weighted by atomic mass is 9.47. The van der Waals surface area contributed by atoms with E-state index in [2.05, 4.69) is 46.6 Å². The summed E-state index contributed by atoms with van der Waals surface area (Å²) in [6.07, 6.45) is 19.0. The fourth-order valence-electron chi connectivity index (χ4n) is 9.97. The largest absolute Gasteiger partial charge is 0.393 e. The van der Waals surface area contributed by atoms with E-state index in [1.54, 1.807) is 18.0 Å². The Morgan fingerprint density at radius 2 is 1.89 bits per heavy atom. The number of anilines is 1. The van der Waals surface area contributed by atoms with Crippen molar-refractivity contribution < 1.29 is 9.90 Å². The van der Waals surface area contributed by atoms with Crippen molar-refractivity contribution in [1.82, 2.24) is 14.9 Å². The van der Waals surface area contributed by atoms with Gasteiger partial charge in [-0.15, -0.1) is 0 Å². The van der Waals surface area contributed by atoms with E-state index in [0.29, 0.717) is 29.1 Å². The van der Waals surface area contributed by atoms with E-state index in [4.69, 9.17) is 0 Å². The molecule has 0 bridgehead atoms. The minimum absolute atomic E-state index is 0.124. The molecule has 2 heterocycles. The summed E-state index contributed by atoms with van der Waals surface area (Å²) < 4.78 is 0. The highest BCUT2D eigenvalue weighted by atomic mass is 16.3. The summed E-state index contributed by atoms with van der Waals surface area (Å²) in [5.41, 5.74) is 2.30. The Bertz CT molecular complexity index is 1040. The van der Waals surface area contributed by atoms with E-state index >= 15 is 0 Å². The molecule has 6 nitrogen and oxygen atoms in total. The Kier molecular flexibility index (Phi) is 7.07.